The highest BCUT2D eigenvalue weighted by Gasteiger charge is 2.24. The fourth-order valence-electron chi connectivity index (χ4n) is 1.71. The lowest BCUT2D eigenvalue weighted by Crippen LogP contribution is -2.50. The molecule has 1 saturated heterocycles. The first kappa shape index (κ1) is 11.9. The van der Waals surface area contributed by atoms with Crippen LogP contribution in [0.5, 0.6) is 0 Å². The molecule has 0 aromatic heterocycles. The maximum Gasteiger partial charge on any atom is 0.0335 e. The van der Waals surface area contributed by atoms with Gasteiger partial charge in [0.25, 0.3) is 0 Å². The van der Waals surface area contributed by atoms with Gasteiger partial charge < -0.3 is 10.6 Å². The Kier molecular flexibility index (Phi) is 5.39. The van der Waals surface area contributed by atoms with Crippen LogP contribution in [0.15, 0.2) is 0 Å². The minimum Gasteiger partial charge on any atom is -0.326 e. The first-order valence-electron chi connectivity index (χ1n) is 5.19. The summed E-state index contributed by atoms with van der Waals surface area (Å²) in [5.41, 5.74) is 6.16. The minimum atomic E-state index is 0.286. The number of thioether (sulfide) groups is 1. The summed E-state index contributed by atoms with van der Waals surface area (Å²) in [6, 6.07) is 0.834. The Morgan fingerprint density at radius 3 is 3.07 bits per heavy atom. The molecule has 3 heteroatoms. The van der Waals surface area contributed by atoms with Gasteiger partial charge in [-0.2, -0.15) is 11.8 Å². The average molecular weight is 212 g/mol. The van der Waals surface area contributed by atoms with Gasteiger partial charge in [0.1, 0.15) is 0 Å². The molecule has 1 rings (SSSR count). The number of hydrogen-bond acceptors (Lipinski definition) is 3. The molecule has 2 atom stereocenters. The molecular weight excluding hydrogens is 192 g/mol. The lowest BCUT2D eigenvalue weighted by atomic mass is 10.0. The lowest BCUT2D eigenvalue weighted by molar-refractivity contribution is 0.231. The molecule has 0 saturated carbocycles. The summed E-state index contributed by atoms with van der Waals surface area (Å²) in [4.78, 5) is 2.39. The largest absolute Gasteiger partial charge is 0.326 e. The molecule has 1 aliphatic rings. The molecule has 0 aromatic rings. The van der Waals surface area contributed by atoms with Crippen molar-refractivity contribution < 1.29 is 0 Å². The van der Waals surface area contributed by atoms with Crippen molar-refractivity contribution >= 4 is 11.8 Å². The van der Waals surface area contributed by atoms with Crippen LogP contribution in [-0.2, 0) is 0 Å². The SMILES string of the molecule is CC#CCCC(N)C1CSCCN1C. The van der Waals surface area contributed by atoms with E-state index in [9.17, 15) is 0 Å². The van der Waals surface area contributed by atoms with E-state index in [2.05, 4.69) is 23.8 Å². The van der Waals surface area contributed by atoms with Crippen molar-refractivity contribution in [2.75, 3.05) is 25.1 Å². The van der Waals surface area contributed by atoms with Crippen LogP contribution in [0.25, 0.3) is 0 Å². The van der Waals surface area contributed by atoms with Gasteiger partial charge in [0.15, 0.2) is 0 Å². The molecule has 1 aliphatic heterocycles. The standard InChI is InChI=1S/C11H20N2S/c1-3-4-5-6-10(12)11-9-14-8-7-13(11)2/h10-11H,5-9,12H2,1-2H3. The van der Waals surface area contributed by atoms with Gasteiger partial charge in [-0.1, -0.05) is 0 Å². The fraction of sp³-hybridized carbons (Fsp3) is 0.818. The van der Waals surface area contributed by atoms with Crippen molar-refractivity contribution in [1.29, 1.82) is 0 Å². The van der Waals surface area contributed by atoms with Crippen LogP contribution in [0.4, 0.5) is 0 Å². The molecule has 14 heavy (non-hydrogen) atoms. The molecule has 1 heterocycles. The van der Waals surface area contributed by atoms with Crippen LogP contribution in [0.2, 0.25) is 0 Å². The van der Waals surface area contributed by atoms with E-state index in [1.807, 2.05) is 18.7 Å². The van der Waals surface area contributed by atoms with E-state index in [0.717, 1.165) is 12.8 Å². The van der Waals surface area contributed by atoms with E-state index >= 15 is 0 Å². The van der Waals surface area contributed by atoms with Crippen LogP contribution < -0.4 is 5.73 Å². The third-order valence-corrected chi connectivity index (χ3v) is 3.77. The summed E-state index contributed by atoms with van der Waals surface area (Å²) in [5, 5.41) is 0. The van der Waals surface area contributed by atoms with Crippen molar-refractivity contribution in [1.82, 2.24) is 4.90 Å². The highest BCUT2D eigenvalue weighted by Crippen LogP contribution is 2.18. The second-order valence-corrected chi connectivity index (χ2v) is 4.90. The van der Waals surface area contributed by atoms with E-state index in [0.29, 0.717) is 6.04 Å². The molecule has 0 amide bonds. The van der Waals surface area contributed by atoms with E-state index < -0.39 is 0 Å². The minimum absolute atomic E-state index is 0.286. The van der Waals surface area contributed by atoms with Gasteiger partial charge in [0, 0.05) is 36.6 Å². The number of likely N-dealkylation sites (N-methyl/N-ethyl adjacent to an activating group) is 1. The highest BCUT2D eigenvalue weighted by atomic mass is 32.2. The molecule has 2 nitrogen and oxygen atoms in total. The Labute approximate surface area is 91.6 Å². The first-order valence-corrected chi connectivity index (χ1v) is 6.34. The summed E-state index contributed by atoms with van der Waals surface area (Å²) >= 11 is 2.02. The number of nitrogens with zero attached hydrogens (tertiary/aromatic N) is 1. The van der Waals surface area contributed by atoms with Gasteiger partial charge >= 0.3 is 0 Å². The van der Waals surface area contributed by atoms with Crippen molar-refractivity contribution in [3.8, 4) is 11.8 Å². The first-order chi connectivity index (χ1) is 6.75. The normalized spacial score (nSPS) is 25.2. The van der Waals surface area contributed by atoms with Crippen LogP contribution >= 0.6 is 11.8 Å². The van der Waals surface area contributed by atoms with Crippen LogP contribution in [0, 0.1) is 11.8 Å². The third kappa shape index (κ3) is 3.53. The lowest BCUT2D eigenvalue weighted by Gasteiger charge is -2.35. The number of rotatable bonds is 3. The zero-order valence-corrected chi connectivity index (χ0v) is 9.94. The molecular formula is C11H20N2S. The summed E-state index contributed by atoms with van der Waals surface area (Å²) in [6.07, 6.45) is 1.96. The molecule has 0 bridgehead atoms. The summed E-state index contributed by atoms with van der Waals surface area (Å²) < 4.78 is 0. The van der Waals surface area contributed by atoms with Crippen molar-refractivity contribution in [3.05, 3.63) is 0 Å². The van der Waals surface area contributed by atoms with E-state index in [1.54, 1.807) is 0 Å². The molecule has 2 N–H and O–H groups in total. The second kappa shape index (κ2) is 6.34. The molecule has 80 valence electrons. The summed E-state index contributed by atoms with van der Waals surface area (Å²) in [6.45, 7) is 3.05. The molecule has 2 unspecified atom stereocenters. The van der Waals surface area contributed by atoms with E-state index in [4.69, 9.17) is 5.73 Å². The van der Waals surface area contributed by atoms with Gasteiger partial charge in [0.05, 0.1) is 0 Å². The molecule has 0 spiro atoms. The quantitative estimate of drug-likeness (QED) is 0.712. The summed E-state index contributed by atoms with van der Waals surface area (Å²) in [5.74, 6) is 8.41. The Morgan fingerprint density at radius 1 is 1.64 bits per heavy atom. The predicted molar refractivity (Wildman–Crippen MR) is 64.4 cm³/mol. The number of nitrogens with two attached hydrogens (primary N) is 1. The fourth-order valence-corrected chi connectivity index (χ4v) is 3.04. The molecule has 0 radical (unpaired) electrons. The molecule has 0 aliphatic carbocycles. The van der Waals surface area contributed by atoms with Gasteiger partial charge in [-0.05, 0) is 20.4 Å². The van der Waals surface area contributed by atoms with Gasteiger partial charge in [0.2, 0.25) is 0 Å². The Morgan fingerprint density at radius 2 is 2.43 bits per heavy atom. The zero-order chi connectivity index (χ0) is 10.4. The van der Waals surface area contributed by atoms with Crippen molar-refractivity contribution in [2.45, 2.75) is 31.8 Å². The van der Waals surface area contributed by atoms with Crippen LogP contribution in [0.1, 0.15) is 19.8 Å². The number of hydrogen-bond donors (Lipinski definition) is 1. The third-order valence-electron chi connectivity index (χ3n) is 2.72. The molecule has 0 aromatic carbocycles. The van der Waals surface area contributed by atoms with Gasteiger partial charge in [-0.3, -0.25) is 0 Å². The average Bonchev–Trinajstić information content (AvgIpc) is 2.18. The second-order valence-electron chi connectivity index (χ2n) is 3.75. The Balaban J connectivity index is 2.32. The highest BCUT2D eigenvalue weighted by molar-refractivity contribution is 7.99. The van der Waals surface area contributed by atoms with Gasteiger partial charge in [-0.25, -0.2) is 0 Å². The van der Waals surface area contributed by atoms with E-state index in [1.165, 1.54) is 18.1 Å². The van der Waals surface area contributed by atoms with E-state index in [-0.39, 0.29) is 6.04 Å². The van der Waals surface area contributed by atoms with Crippen molar-refractivity contribution in [2.24, 2.45) is 5.73 Å². The van der Waals surface area contributed by atoms with Gasteiger partial charge in [-0.15, -0.1) is 11.8 Å². The van der Waals surface area contributed by atoms with Crippen LogP contribution in [0.3, 0.4) is 0 Å². The smallest absolute Gasteiger partial charge is 0.0335 e. The maximum atomic E-state index is 6.16. The van der Waals surface area contributed by atoms with Crippen molar-refractivity contribution in [3.63, 3.8) is 0 Å². The van der Waals surface area contributed by atoms with Crippen LogP contribution in [-0.4, -0.2) is 42.1 Å². The Bertz CT molecular complexity index is 219. The topological polar surface area (TPSA) is 29.3 Å². The predicted octanol–water partition coefficient (Wildman–Crippen LogP) is 1.16. The molecule has 1 fully saturated rings. The zero-order valence-electron chi connectivity index (χ0n) is 9.12. The Hall–Kier alpha value is -0.170. The maximum absolute atomic E-state index is 6.16. The summed E-state index contributed by atoms with van der Waals surface area (Å²) in [7, 11) is 2.18. The monoisotopic (exact) mass is 212 g/mol.